The van der Waals surface area contributed by atoms with E-state index in [0.717, 1.165) is 32.1 Å². The average molecular weight is 479 g/mol. The van der Waals surface area contributed by atoms with Gasteiger partial charge in [0, 0.05) is 17.3 Å². The van der Waals surface area contributed by atoms with Crippen LogP contribution in [0.1, 0.15) is 65.7 Å². The van der Waals surface area contributed by atoms with Crippen LogP contribution >= 0.6 is 11.8 Å². The summed E-state index contributed by atoms with van der Waals surface area (Å²) in [5.41, 5.74) is 0. The molecular formula is C25H38N2O5S. The Labute approximate surface area is 201 Å². The van der Waals surface area contributed by atoms with Crippen LogP contribution in [0.25, 0.3) is 0 Å². The molecule has 6 atom stereocenters. The normalized spacial score (nSPS) is 36.5. The van der Waals surface area contributed by atoms with Crippen molar-refractivity contribution in [2.24, 2.45) is 11.8 Å². The number of carbonyl (C=O) groups is 3. The molecular weight excluding hydrogens is 440 g/mol. The van der Waals surface area contributed by atoms with E-state index in [2.05, 4.69) is 6.58 Å². The van der Waals surface area contributed by atoms with Crippen LogP contribution in [0.4, 0.5) is 0 Å². The second-order valence-electron chi connectivity index (χ2n) is 10.3. The number of amides is 2. The Morgan fingerprint density at radius 2 is 2.03 bits per heavy atom. The lowest BCUT2D eigenvalue weighted by molar-refractivity contribution is -0.155. The van der Waals surface area contributed by atoms with Gasteiger partial charge in [-0.15, -0.1) is 18.3 Å². The van der Waals surface area contributed by atoms with E-state index in [-0.39, 0.29) is 37.0 Å². The molecule has 8 heteroatoms. The van der Waals surface area contributed by atoms with Crippen molar-refractivity contribution in [1.29, 1.82) is 0 Å². The summed E-state index contributed by atoms with van der Waals surface area (Å²) in [5, 5.41) is 10.0. The van der Waals surface area contributed by atoms with Crippen LogP contribution in [0.3, 0.4) is 0 Å². The third-order valence-electron chi connectivity index (χ3n) is 8.35. The Hall–Kier alpha value is -1.54. The monoisotopic (exact) mass is 478 g/mol. The molecule has 0 radical (unpaired) electrons. The molecule has 1 saturated carbocycles. The Morgan fingerprint density at radius 1 is 1.33 bits per heavy atom. The molecule has 1 aliphatic carbocycles. The van der Waals surface area contributed by atoms with Gasteiger partial charge in [0.15, 0.2) is 0 Å². The number of thioether (sulfide) groups is 1. The van der Waals surface area contributed by atoms with Crippen molar-refractivity contribution in [1.82, 2.24) is 9.80 Å². The van der Waals surface area contributed by atoms with Crippen molar-refractivity contribution in [2.75, 3.05) is 19.8 Å². The number of hydrogen-bond donors (Lipinski definition) is 1. The van der Waals surface area contributed by atoms with Crippen molar-refractivity contribution >= 4 is 29.5 Å². The number of rotatable bonds is 8. The van der Waals surface area contributed by atoms with Crippen molar-refractivity contribution in [2.45, 2.75) is 93.3 Å². The van der Waals surface area contributed by atoms with Gasteiger partial charge in [-0.05, 0) is 46.5 Å². The largest absolute Gasteiger partial charge is 0.466 e. The maximum atomic E-state index is 14.3. The van der Waals surface area contributed by atoms with Gasteiger partial charge < -0.3 is 19.6 Å². The van der Waals surface area contributed by atoms with Crippen LogP contribution in [0.2, 0.25) is 0 Å². The number of ether oxygens (including phenoxy) is 1. The van der Waals surface area contributed by atoms with Gasteiger partial charge >= 0.3 is 5.97 Å². The Kier molecular flexibility index (Phi) is 6.89. The zero-order valence-electron chi connectivity index (χ0n) is 20.1. The molecule has 0 aromatic carbocycles. The maximum absolute atomic E-state index is 14.3. The van der Waals surface area contributed by atoms with E-state index in [1.54, 1.807) is 36.6 Å². The molecule has 4 aliphatic rings. The van der Waals surface area contributed by atoms with Crippen LogP contribution < -0.4 is 0 Å². The van der Waals surface area contributed by atoms with Gasteiger partial charge in [-0.25, -0.2) is 0 Å². The second-order valence-corrected chi connectivity index (χ2v) is 12.2. The van der Waals surface area contributed by atoms with Crippen LogP contribution in [-0.2, 0) is 19.1 Å². The smallest absolute Gasteiger partial charge is 0.311 e. The summed E-state index contributed by atoms with van der Waals surface area (Å²) in [7, 11) is 0. The first kappa shape index (κ1) is 24.6. The molecule has 33 heavy (non-hydrogen) atoms. The van der Waals surface area contributed by atoms with E-state index in [1.807, 2.05) is 11.8 Å². The fraction of sp³-hybridized carbons (Fsp3) is 0.800. The van der Waals surface area contributed by atoms with E-state index < -0.39 is 33.4 Å². The minimum absolute atomic E-state index is 0.0563. The van der Waals surface area contributed by atoms with Crippen LogP contribution in [-0.4, -0.2) is 80.1 Å². The number of hydrogen-bond acceptors (Lipinski definition) is 6. The number of aliphatic hydroxyl groups excluding tert-OH is 1. The molecule has 0 aromatic rings. The van der Waals surface area contributed by atoms with Gasteiger partial charge in [-0.1, -0.05) is 25.3 Å². The number of likely N-dealkylation sites (tertiary alicyclic amines) is 1. The van der Waals surface area contributed by atoms with E-state index in [1.165, 1.54) is 6.42 Å². The molecule has 3 saturated heterocycles. The molecule has 3 heterocycles. The van der Waals surface area contributed by atoms with Crippen LogP contribution in [0, 0.1) is 11.8 Å². The zero-order valence-corrected chi connectivity index (χ0v) is 20.9. The summed E-state index contributed by atoms with van der Waals surface area (Å²) in [5.74, 6) is -1.75. The van der Waals surface area contributed by atoms with Gasteiger partial charge in [0.2, 0.25) is 11.8 Å². The Morgan fingerprint density at radius 3 is 2.64 bits per heavy atom. The fourth-order valence-corrected chi connectivity index (χ4v) is 9.23. The lowest BCUT2D eigenvalue weighted by atomic mass is 9.66. The molecule has 1 N–H and O–H groups in total. The number of aliphatic hydroxyl groups is 1. The molecule has 1 spiro atoms. The summed E-state index contributed by atoms with van der Waals surface area (Å²) in [4.78, 5) is 44.8. The Balaban J connectivity index is 1.77. The van der Waals surface area contributed by atoms with Crippen LogP contribution in [0.5, 0.6) is 0 Å². The maximum Gasteiger partial charge on any atom is 0.311 e. The first-order valence-electron chi connectivity index (χ1n) is 12.5. The van der Waals surface area contributed by atoms with E-state index in [9.17, 15) is 19.5 Å². The van der Waals surface area contributed by atoms with Gasteiger partial charge in [-0.2, -0.15) is 0 Å². The highest BCUT2D eigenvalue weighted by molar-refractivity contribution is 8.02. The highest BCUT2D eigenvalue weighted by Crippen LogP contribution is 2.71. The number of nitrogens with zero attached hydrogens (tertiary/aromatic N) is 2. The van der Waals surface area contributed by atoms with Gasteiger partial charge in [0.25, 0.3) is 0 Å². The summed E-state index contributed by atoms with van der Waals surface area (Å²) < 4.78 is 4.32. The molecule has 2 bridgehead atoms. The summed E-state index contributed by atoms with van der Waals surface area (Å²) in [6.07, 6.45) is 8.53. The molecule has 2 amide bonds. The first-order chi connectivity index (χ1) is 15.8. The summed E-state index contributed by atoms with van der Waals surface area (Å²) in [6.45, 7) is 9.97. The average Bonchev–Trinajstić information content (AvgIpc) is 3.38. The molecule has 3 aliphatic heterocycles. The molecule has 184 valence electrons. The minimum Gasteiger partial charge on any atom is -0.466 e. The molecule has 7 nitrogen and oxygen atoms in total. The predicted molar refractivity (Wildman–Crippen MR) is 128 cm³/mol. The van der Waals surface area contributed by atoms with Crippen LogP contribution in [0.15, 0.2) is 12.7 Å². The lowest BCUT2D eigenvalue weighted by Crippen LogP contribution is -2.58. The topological polar surface area (TPSA) is 87.2 Å². The van der Waals surface area contributed by atoms with Crippen molar-refractivity contribution < 1.29 is 24.2 Å². The van der Waals surface area contributed by atoms with Gasteiger partial charge in [0.1, 0.15) is 6.04 Å². The highest BCUT2D eigenvalue weighted by Gasteiger charge is 2.78. The number of carbonyl (C=O) groups excluding carboxylic acids is 3. The van der Waals surface area contributed by atoms with Crippen molar-refractivity contribution in [3.05, 3.63) is 12.7 Å². The number of esters is 1. The zero-order chi connectivity index (χ0) is 24.0. The third-order valence-corrected chi connectivity index (χ3v) is 10.3. The SMILES string of the molecule is C=CCN(C(=O)C1N([C@H](C)CO)C(=O)[C@@H]2[C@@H](C(=O)OCC)[C@@]3(C)CCC12S3)C1CCCCC1. The van der Waals surface area contributed by atoms with Crippen molar-refractivity contribution in [3.8, 4) is 0 Å². The standard InChI is InChI=1S/C25H38N2O5S/c1-5-14-26(17-10-8-7-9-11-17)22(30)20-25-13-12-24(4,33-25)19(23(31)32-6-2)18(25)21(29)27(20)16(3)15-28/h5,16-20,28H,1,6-15H2,2-4H3/t16-,18+,19+,20?,24-,25?/m1/s1. The Bertz CT molecular complexity index is 815. The van der Waals surface area contributed by atoms with E-state index in [4.69, 9.17) is 4.74 Å². The van der Waals surface area contributed by atoms with Gasteiger partial charge in [-0.3, -0.25) is 14.4 Å². The molecule has 4 rings (SSSR count). The first-order valence-corrected chi connectivity index (χ1v) is 13.3. The second kappa shape index (κ2) is 9.25. The summed E-state index contributed by atoms with van der Waals surface area (Å²) >= 11 is 1.65. The minimum atomic E-state index is -0.690. The molecule has 4 fully saturated rings. The third kappa shape index (κ3) is 3.72. The predicted octanol–water partition coefficient (Wildman–Crippen LogP) is 2.76. The van der Waals surface area contributed by atoms with E-state index >= 15 is 0 Å². The number of fused-ring (bicyclic) bond motifs is 1. The lowest BCUT2D eigenvalue weighted by Gasteiger charge is -2.42. The summed E-state index contributed by atoms with van der Waals surface area (Å²) in [6, 6.07) is -1.05. The fourth-order valence-electron chi connectivity index (χ4n) is 6.90. The van der Waals surface area contributed by atoms with Gasteiger partial charge in [0.05, 0.1) is 35.8 Å². The molecule has 2 unspecified atom stereocenters. The molecule has 0 aromatic heterocycles. The quantitative estimate of drug-likeness (QED) is 0.426. The van der Waals surface area contributed by atoms with E-state index in [0.29, 0.717) is 13.0 Å². The van der Waals surface area contributed by atoms with Crippen molar-refractivity contribution in [3.63, 3.8) is 0 Å². The highest BCUT2D eigenvalue weighted by atomic mass is 32.2.